The number of fused-ring (bicyclic) bond motifs is 1. The van der Waals surface area contributed by atoms with Gasteiger partial charge in [0.1, 0.15) is 19.3 Å². The fraction of sp³-hybridized carbons (Fsp3) is 0.632. The zero-order valence-corrected chi connectivity index (χ0v) is 16.7. The Kier molecular flexibility index (Phi) is 6.26. The van der Waals surface area contributed by atoms with Crippen LogP contribution in [-0.2, 0) is 14.8 Å². The van der Waals surface area contributed by atoms with Crippen LogP contribution in [0.2, 0.25) is 0 Å². The zero-order valence-electron chi connectivity index (χ0n) is 15.9. The van der Waals surface area contributed by atoms with Gasteiger partial charge in [0, 0.05) is 12.1 Å². The number of amides is 1. The van der Waals surface area contributed by atoms with E-state index in [1.165, 1.54) is 18.6 Å². The summed E-state index contributed by atoms with van der Waals surface area (Å²) in [6.45, 7) is 4.48. The number of carbonyl (C=O) groups excluding carboxylic acids is 1. The van der Waals surface area contributed by atoms with Crippen LogP contribution in [-0.4, -0.2) is 39.6 Å². The number of benzene rings is 1. The molecule has 150 valence electrons. The van der Waals surface area contributed by atoms with Crippen molar-refractivity contribution < 1.29 is 22.7 Å². The Morgan fingerprint density at radius 3 is 2.41 bits per heavy atom. The highest BCUT2D eigenvalue weighted by Gasteiger charge is 2.30. The molecule has 7 nitrogen and oxygen atoms in total. The van der Waals surface area contributed by atoms with Crippen molar-refractivity contribution in [1.82, 2.24) is 10.0 Å². The van der Waals surface area contributed by atoms with Crippen molar-refractivity contribution in [3.05, 3.63) is 18.2 Å². The number of hydrogen-bond acceptors (Lipinski definition) is 5. The van der Waals surface area contributed by atoms with Crippen LogP contribution in [0.3, 0.4) is 0 Å². The minimum absolute atomic E-state index is 0.0582. The first-order valence-corrected chi connectivity index (χ1v) is 11.1. The average Bonchev–Trinajstić information content (AvgIpc) is 2.66. The van der Waals surface area contributed by atoms with Crippen molar-refractivity contribution in [1.29, 1.82) is 0 Å². The molecular formula is C19H28N2O5S. The van der Waals surface area contributed by atoms with Crippen molar-refractivity contribution in [2.75, 3.05) is 13.2 Å². The van der Waals surface area contributed by atoms with E-state index in [4.69, 9.17) is 9.47 Å². The number of nitrogens with one attached hydrogen (secondary N) is 2. The number of sulfonamides is 1. The largest absolute Gasteiger partial charge is 0.486 e. The first-order chi connectivity index (χ1) is 12.9. The number of rotatable bonds is 6. The van der Waals surface area contributed by atoms with Gasteiger partial charge in [-0.2, -0.15) is 4.72 Å². The topological polar surface area (TPSA) is 93.7 Å². The van der Waals surface area contributed by atoms with Gasteiger partial charge < -0.3 is 14.8 Å². The van der Waals surface area contributed by atoms with Crippen molar-refractivity contribution >= 4 is 15.9 Å². The van der Waals surface area contributed by atoms with E-state index in [9.17, 15) is 13.2 Å². The summed E-state index contributed by atoms with van der Waals surface area (Å²) in [6.07, 6.45) is 5.29. The highest BCUT2D eigenvalue weighted by atomic mass is 32.2. The molecule has 1 atom stereocenters. The Morgan fingerprint density at radius 2 is 1.74 bits per heavy atom. The van der Waals surface area contributed by atoms with Crippen molar-refractivity contribution in [2.24, 2.45) is 5.92 Å². The molecule has 1 amide bonds. The van der Waals surface area contributed by atoms with E-state index >= 15 is 0 Å². The summed E-state index contributed by atoms with van der Waals surface area (Å²) in [6, 6.07) is 3.78. The summed E-state index contributed by atoms with van der Waals surface area (Å²) in [5.74, 6) is 0.478. The van der Waals surface area contributed by atoms with Crippen LogP contribution in [0.1, 0.15) is 46.0 Å². The van der Waals surface area contributed by atoms with Crippen LogP contribution in [0.4, 0.5) is 0 Å². The molecule has 1 aromatic carbocycles. The summed E-state index contributed by atoms with van der Waals surface area (Å²) in [5, 5.41) is 3.01. The lowest BCUT2D eigenvalue weighted by Gasteiger charge is -2.27. The number of carbonyl (C=O) groups is 1. The molecule has 0 aromatic heterocycles. The molecule has 27 heavy (non-hydrogen) atoms. The van der Waals surface area contributed by atoms with Gasteiger partial charge in [0.25, 0.3) is 0 Å². The van der Waals surface area contributed by atoms with Crippen molar-refractivity contribution in [3.63, 3.8) is 0 Å². The maximum atomic E-state index is 12.8. The molecule has 0 bridgehead atoms. The minimum Gasteiger partial charge on any atom is -0.486 e. The fourth-order valence-corrected chi connectivity index (χ4v) is 4.82. The summed E-state index contributed by atoms with van der Waals surface area (Å²) >= 11 is 0. The van der Waals surface area contributed by atoms with Crippen LogP contribution < -0.4 is 19.5 Å². The van der Waals surface area contributed by atoms with E-state index in [-0.39, 0.29) is 22.8 Å². The van der Waals surface area contributed by atoms with E-state index < -0.39 is 16.1 Å². The zero-order chi connectivity index (χ0) is 19.4. The second-order valence-electron chi connectivity index (χ2n) is 7.49. The molecule has 1 aliphatic heterocycles. The highest BCUT2D eigenvalue weighted by Crippen LogP contribution is 2.32. The predicted molar refractivity (Wildman–Crippen MR) is 101 cm³/mol. The van der Waals surface area contributed by atoms with Crippen LogP contribution in [0.5, 0.6) is 11.5 Å². The van der Waals surface area contributed by atoms with Gasteiger partial charge in [-0.3, -0.25) is 4.79 Å². The molecule has 1 saturated carbocycles. The van der Waals surface area contributed by atoms with Gasteiger partial charge in [-0.1, -0.05) is 33.1 Å². The summed E-state index contributed by atoms with van der Waals surface area (Å²) in [7, 11) is -3.87. The molecule has 1 aromatic rings. The third-order valence-electron chi connectivity index (χ3n) is 5.01. The Labute approximate surface area is 160 Å². The Morgan fingerprint density at radius 1 is 1.07 bits per heavy atom. The first-order valence-electron chi connectivity index (χ1n) is 9.59. The number of ether oxygens (including phenoxy) is 2. The third kappa shape index (κ3) is 4.93. The molecule has 8 heteroatoms. The normalized spacial score (nSPS) is 18.9. The second kappa shape index (κ2) is 8.48. The maximum Gasteiger partial charge on any atom is 0.241 e. The average molecular weight is 397 g/mol. The Bertz CT molecular complexity index is 772. The van der Waals surface area contributed by atoms with Crippen molar-refractivity contribution in [3.8, 4) is 11.5 Å². The summed E-state index contributed by atoms with van der Waals surface area (Å²) < 4.78 is 39.1. The van der Waals surface area contributed by atoms with E-state index in [0.717, 1.165) is 25.7 Å². The van der Waals surface area contributed by atoms with Crippen LogP contribution in [0.15, 0.2) is 23.1 Å². The molecule has 2 aliphatic rings. The Balaban J connectivity index is 1.73. The van der Waals surface area contributed by atoms with Crippen LogP contribution >= 0.6 is 0 Å². The standard InChI is InChI=1S/C19H28N2O5S/c1-13(2)18(19(22)20-14-6-4-3-5-7-14)21-27(23,24)15-8-9-16-17(12-15)26-11-10-25-16/h8-9,12-14,18,21H,3-7,10-11H2,1-2H3,(H,20,22)/t18-/m1/s1. The molecule has 0 saturated heterocycles. The van der Waals surface area contributed by atoms with Gasteiger partial charge in [0.15, 0.2) is 11.5 Å². The molecule has 0 unspecified atom stereocenters. The van der Waals surface area contributed by atoms with E-state index in [1.807, 2.05) is 13.8 Å². The van der Waals surface area contributed by atoms with Gasteiger partial charge in [-0.05, 0) is 30.9 Å². The van der Waals surface area contributed by atoms with E-state index in [2.05, 4.69) is 10.0 Å². The quantitative estimate of drug-likeness (QED) is 0.769. The lowest BCUT2D eigenvalue weighted by molar-refractivity contribution is -0.124. The molecule has 0 radical (unpaired) electrons. The van der Waals surface area contributed by atoms with Gasteiger partial charge in [0.05, 0.1) is 4.90 Å². The molecule has 1 heterocycles. The van der Waals surface area contributed by atoms with E-state index in [0.29, 0.717) is 24.7 Å². The maximum absolute atomic E-state index is 12.8. The Hall–Kier alpha value is -1.80. The van der Waals surface area contributed by atoms with E-state index in [1.54, 1.807) is 6.07 Å². The minimum atomic E-state index is -3.87. The predicted octanol–water partition coefficient (Wildman–Crippen LogP) is 2.21. The third-order valence-corrected chi connectivity index (χ3v) is 6.45. The molecule has 1 fully saturated rings. The summed E-state index contributed by atoms with van der Waals surface area (Å²) in [4.78, 5) is 12.8. The summed E-state index contributed by atoms with van der Waals surface area (Å²) in [5.41, 5.74) is 0. The monoisotopic (exact) mass is 396 g/mol. The highest BCUT2D eigenvalue weighted by molar-refractivity contribution is 7.89. The molecular weight excluding hydrogens is 368 g/mol. The van der Waals surface area contributed by atoms with Crippen LogP contribution in [0, 0.1) is 5.92 Å². The first kappa shape index (κ1) is 19.9. The van der Waals surface area contributed by atoms with Gasteiger partial charge in [-0.15, -0.1) is 0 Å². The molecule has 1 aliphatic carbocycles. The van der Waals surface area contributed by atoms with Crippen molar-refractivity contribution in [2.45, 2.75) is 62.9 Å². The molecule has 0 spiro atoms. The molecule has 2 N–H and O–H groups in total. The lowest BCUT2D eigenvalue weighted by Crippen LogP contribution is -2.52. The van der Waals surface area contributed by atoms with Gasteiger partial charge >= 0.3 is 0 Å². The SMILES string of the molecule is CC(C)[C@@H](NS(=O)(=O)c1ccc2c(c1)OCCO2)C(=O)NC1CCCCC1. The number of hydrogen-bond donors (Lipinski definition) is 2. The van der Waals surface area contributed by atoms with Gasteiger partial charge in [0.2, 0.25) is 15.9 Å². The van der Waals surface area contributed by atoms with Gasteiger partial charge in [-0.25, -0.2) is 8.42 Å². The smallest absolute Gasteiger partial charge is 0.241 e. The van der Waals surface area contributed by atoms with Crippen LogP contribution in [0.25, 0.3) is 0 Å². The second-order valence-corrected chi connectivity index (χ2v) is 9.21. The fourth-order valence-electron chi connectivity index (χ4n) is 3.46. The molecule has 3 rings (SSSR count). The lowest BCUT2D eigenvalue weighted by atomic mass is 9.94.